The number of carbonyl (C=O) groups excluding carboxylic acids is 2. The molecule has 1 amide bonds. The van der Waals surface area contributed by atoms with Crippen LogP contribution >= 0.6 is 23.2 Å². The summed E-state index contributed by atoms with van der Waals surface area (Å²) in [5.74, 6) is -0.999. The van der Waals surface area contributed by atoms with Crippen molar-refractivity contribution < 1.29 is 22.7 Å². The molecule has 1 aliphatic heterocycles. The van der Waals surface area contributed by atoms with Crippen molar-refractivity contribution in [2.45, 2.75) is 31.3 Å². The van der Waals surface area contributed by atoms with E-state index in [9.17, 15) is 18.0 Å². The van der Waals surface area contributed by atoms with Gasteiger partial charge in [0.1, 0.15) is 0 Å². The Morgan fingerprint density at radius 2 is 1.72 bits per heavy atom. The van der Waals surface area contributed by atoms with Crippen LogP contribution in [0.2, 0.25) is 10.0 Å². The SMILES string of the molecule is O=C(OCC(=O)N(C1CC1)[C@@H]1CCS(=O)(=O)C1)c1cc(Cl)cc(Cl)c1. The molecule has 1 aliphatic carbocycles. The van der Waals surface area contributed by atoms with Gasteiger partial charge in [0.25, 0.3) is 5.91 Å². The summed E-state index contributed by atoms with van der Waals surface area (Å²) in [4.78, 5) is 26.2. The average molecular weight is 406 g/mol. The summed E-state index contributed by atoms with van der Waals surface area (Å²) in [6.45, 7) is -0.435. The molecule has 0 aromatic heterocycles. The second kappa shape index (κ2) is 7.13. The summed E-state index contributed by atoms with van der Waals surface area (Å²) in [7, 11) is -3.09. The molecule has 0 bridgehead atoms. The maximum Gasteiger partial charge on any atom is 0.338 e. The first-order chi connectivity index (χ1) is 11.7. The highest BCUT2D eigenvalue weighted by Gasteiger charge is 2.42. The Balaban J connectivity index is 1.63. The predicted octanol–water partition coefficient (Wildman–Crippen LogP) is 2.33. The van der Waals surface area contributed by atoms with Crippen LogP contribution < -0.4 is 0 Å². The predicted molar refractivity (Wildman–Crippen MR) is 93.7 cm³/mol. The molecule has 0 radical (unpaired) electrons. The highest BCUT2D eigenvalue weighted by atomic mass is 35.5. The molecule has 6 nitrogen and oxygen atoms in total. The average Bonchev–Trinajstić information content (AvgIpc) is 3.27. The summed E-state index contributed by atoms with van der Waals surface area (Å²) < 4.78 is 28.4. The molecular weight excluding hydrogens is 389 g/mol. The third kappa shape index (κ3) is 4.65. The van der Waals surface area contributed by atoms with Gasteiger partial charge in [-0.2, -0.15) is 0 Å². The topological polar surface area (TPSA) is 80.8 Å². The van der Waals surface area contributed by atoms with E-state index < -0.39 is 22.4 Å². The van der Waals surface area contributed by atoms with Gasteiger partial charge >= 0.3 is 5.97 Å². The third-order valence-corrected chi connectivity index (χ3v) is 6.44. The molecule has 1 aromatic rings. The summed E-state index contributed by atoms with van der Waals surface area (Å²) in [5, 5.41) is 0.586. The molecule has 2 aliphatic rings. The van der Waals surface area contributed by atoms with Crippen LogP contribution in [0.15, 0.2) is 18.2 Å². The third-order valence-electron chi connectivity index (χ3n) is 4.26. The maximum atomic E-state index is 12.5. The Kier molecular flexibility index (Phi) is 5.27. The fourth-order valence-corrected chi connectivity index (χ4v) is 5.25. The van der Waals surface area contributed by atoms with E-state index >= 15 is 0 Å². The Morgan fingerprint density at radius 1 is 1.08 bits per heavy atom. The van der Waals surface area contributed by atoms with Crippen molar-refractivity contribution in [3.05, 3.63) is 33.8 Å². The number of hydrogen-bond donors (Lipinski definition) is 0. The standard InChI is InChI=1S/C16H17Cl2NO5S/c17-11-5-10(6-12(18)7-11)16(21)24-8-15(20)19(13-1-2-13)14-3-4-25(22,23)9-14/h5-7,13-14H,1-4,8-9H2/t14-/m1/s1. The Labute approximate surface area is 155 Å². The number of hydrogen-bond acceptors (Lipinski definition) is 5. The van der Waals surface area contributed by atoms with Crippen LogP contribution in [-0.4, -0.2) is 55.4 Å². The minimum atomic E-state index is -3.09. The van der Waals surface area contributed by atoms with Crippen molar-refractivity contribution in [3.63, 3.8) is 0 Å². The highest BCUT2D eigenvalue weighted by Crippen LogP contribution is 2.32. The van der Waals surface area contributed by atoms with Gasteiger partial charge in [0.2, 0.25) is 0 Å². The number of amides is 1. The number of esters is 1. The van der Waals surface area contributed by atoms with Crippen molar-refractivity contribution >= 4 is 44.9 Å². The van der Waals surface area contributed by atoms with Crippen LogP contribution in [-0.2, 0) is 19.4 Å². The van der Waals surface area contributed by atoms with Gasteiger partial charge in [0.05, 0.1) is 17.1 Å². The number of rotatable bonds is 5. The van der Waals surface area contributed by atoms with Crippen molar-refractivity contribution in [1.82, 2.24) is 4.90 Å². The van der Waals surface area contributed by atoms with Gasteiger partial charge in [-0.25, -0.2) is 13.2 Å². The van der Waals surface area contributed by atoms with Gasteiger partial charge in [-0.15, -0.1) is 0 Å². The number of carbonyl (C=O) groups is 2. The Hall–Kier alpha value is -1.31. The minimum absolute atomic E-state index is 0.0207. The van der Waals surface area contributed by atoms with E-state index in [0.29, 0.717) is 16.5 Å². The van der Waals surface area contributed by atoms with Crippen LogP contribution in [0.25, 0.3) is 0 Å². The van der Waals surface area contributed by atoms with E-state index in [1.807, 2.05) is 0 Å². The molecule has 2 fully saturated rings. The lowest BCUT2D eigenvalue weighted by atomic mass is 10.2. The second-order valence-corrected chi connectivity index (χ2v) is 9.42. The summed E-state index contributed by atoms with van der Waals surface area (Å²) in [5.41, 5.74) is 0.159. The molecule has 0 N–H and O–H groups in total. The number of sulfone groups is 1. The highest BCUT2D eigenvalue weighted by molar-refractivity contribution is 7.91. The fourth-order valence-electron chi connectivity index (χ4n) is 3.01. The van der Waals surface area contributed by atoms with E-state index in [1.54, 1.807) is 4.90 Å². The number of nitrogens with zero attached hydrogens (tertiary/aromatic N) is 1. The lowest BCUT2D eigenvalue weighted by Gasteiger charge is -2.28. The molecule has 1 heterocycles. The molecule has 1 atom stereocenters. The molecular formula is C16H17Cl2NO5S. The molecule has 3 rings (SSSR count). The zero-order valence-corrected chi connectivity index (χ0v) is 15.6. The van der Waals surface area contributed by atoms with Crippen LogP contribution in [0.3, 0.4) is 0 Å². The van der Waals surface area contributed by atoms with Gasteiger partial charge in [-0.1, -0.05) is 23.2 Å². The maximum absolute atomic E-state index is 12.5. The van der Waals surface area contributed by atoms with Crippen LogP contribution in [0.1, 0.15) is 29.6 Å². The first kappa shape index (κ1) is 18.5. The zero-order valence-electron chi connectivity index (χ0n) is 13.3. The summed E-state index contributed by atoms with van der Waals surface area (Å²) in [6, 6.07) is 4.01. The molecule has 1 saturated heterocycles. The summed E-state index contributed by atoms with van der Waals surface area (Å²) >= 11 is 11.7. The zero-order chi connectivity index (χ0) is 18.2. The fraction of sp³-hybridized carbons (Fsp3) is 0.500. The first-order valence-electron chi connectivity index (χ1n) is 7.90. The monoisotopic (exact) mass is 405 g/mol. The van der Waals surface area contributed by atoms with Crippen molar-refractivity contribution in [1.29, 1.82) is 0 Å². The van der Waals surface area contributed by atoms with Crippen molar-refractivity contribution in [2.75, 3.05) is 18.1 Å². The summed E-state index contributed by atoms with van der Waals surface area (Å²) in [6.07, 6.45) is 2.13. The van der Waals surface area contributed by atoms with E-state index in [1.165, 1.54) is 18.2 Å². The van der Waals surface area contributed by atoms with Crippen LogP contribution in [0, 0.1) is 0 Å². The van der Waals surface area contributed by atoms with Crippen molar-refractivity contribution in [3.8, 4) is 0 Å². The van der Waals surface area contributed by atoms with E-state index in [-0.39, 0.29) is 35.1 Å². The van der Waals surface area contributed by atoms with Gasteiger partial charge in [0.15, 0.2) is 16.4 Å². The normalized spacial score (nSPS) is 21.8. The van der Waals surface area contributed by atoms with Gasteiger partial charge in [-0.05, 0) is 37.5 Å². The second-order valence-electron chi connectivity index (χ2n) is 6.32. The molecule has 136 valence electrons. The lowest BCUT2D eigenvalue weighted by Crippen LogP contribution is -2.44. The Morgan fingerprint density at radius 3 is 2.24 bits per heavy atom. The lowest BCUT2D eigenvalue weighted by molar-refractivity contribution is -0.137. The Bertz CT molecular complexity index is 786. The molecule has 0 unspecified atom stereocenters. The molecule has 25 heavy (non-hydrogen) atoms. The quantitative estimate of drug-likeness (QED) is 0.702. The smallest absolute Gasteiger partial charge is 0.338 e. The van der Waals surface area contributed by atoms with Crippen LogP contribution in [0.5, 0.6) is 0 Å². The molecule has 9 heteroatoms. The number of benzene rings is 1. The number of ether oxygens (including phenoxy) is 1. The first-order valence-corrected chi connectivity index (χ1v) is 10.5. The van der Waals surface area contributed by atoms with E-state index in [0.717, 1.165) is 12.8 Å². The van der Waals surface area contributed by atoms with Crippen LogP contribution in [0.4, 0.5) is 0 Å². The number of halogens is 2. The molecule has 1 aromatic carbocycles. The van der Waals surface area contributed by atoms with E-state index in [4.69, 9.17) is 27.9 Å². The van der Waals surface area contributed by atoms with E-state index in [2.05, 4.69) is 0 Å². The van der Waals surface area contributed by atoms with Crippen molar-refractivity contribution in [2.24, 2.45) is 0 Å². The minimum Gasteiger partial charge on any atom is -0.452 e. The van der Waals surface area contributed by atoms with Gasteiger partial charge < -0.3 is 9.64 Å². The largest absolute Gasteiger partial charge is 0.452 e. The van der Waals surface area contributed by atoms with Gasteiger partial charge in [-0.3, -0.25) is 4.79 Å². The molecule has 0 spiro atoms. The molecule has 1 saturated carbocycles. The van der Waals surface area contributed by atoms with Gasteiger partial charge in [0, 0.05) is 22.1 Å².